The van der Waals surface area contributed by atoms with Crippen molar-refractivity contribution >= 4 is 5.69 Å². The van der Waals surface area contributed by atoms with E-state index in [1.165, 1.54) is 0 Å². The van der Waals surface area contributed by atoms with Crippen LogP contribution in [0.25, 0.3) is 0 Å². The summed E-state index contributed by atoms with van der Waals surface area (Å²) < 4.78 is 5.37. The maximum Gasteiger partial charge on any atom is 0.164 e. The van der Waals surface area contributed by atoms with Gasteiger partial charge >= 0.3 is 0 Å². The highest BCUT2D eigenvalue weighted by molar-refractivity contribution is 5.47. The minimum absolute atomic E-state index is 0.0916. The molecule has 0 spiro atoms. The van der Waals surface area contributed by atoms with Crippen LogP contribution < -0.4 is 5.32 Å². The first-order valence-corrected chi connectivity index (χ1v) is 6.15. The lowest BCUT2D eigenvalue weighted by Gasteiger charge is -2.21. The largest absolute Gasteiger partial charge is 0.490 e. The fourth-order valence-electron chi connectivity index (χ4n) is 1.94. The molecule has 0 aliphatic carbocycles. The van der Waals surface area contributed by atoms with Crippen molar-refractivity contribution in [2.75, 3.05) is 12.4 Å². The summed E-state index contributed by atoms with van der Waals surface area (Å²) in [6.07, 6.45) is 0. The molecule has 0 bridgehead atoms. The minimum atomic E-state index is -0.0916. The number of methoxy groups -OCH3 is 1. The molecule has 0 aliphatic rings. The van der Waals surface area contributed by atoms with Crippen LogP contribution >= 0.6 is 0 Å². The van der Waals surface area contributed by atoms with Gasteiger partial charge in [-0.2, -0.15) is 0 Å². The molecular formula is C17H17NO. The second-order valence-electron chi connectivity index (χ2n) is 4.10. The molecule has 1 atom stereocenters. The first-order chi connectivity index (χ1) is 9.35. The van der Waals surface area contributed by atoms with Crippen molar-refractivity contribution in [3.63, 3.8) is 0 Å². The lowest BCUT2D eigenvalue weighted by atomic mass is 10.0. The summed E-state index contributed by atoms with van der Waals surface area (Å²) in [5.41, 5.74) is 4.99. The highest BCUT2D eigenvalue weighted by Gasteiger charge is 2.16. The van der Waals surface area contributed by atoms with E-state index >= 15 is 0 Å². The summed E-state index contributed by atoms with van der Waals surface area (Å²) in [5.74, 6) is 0.676. The number of para-hydroxylation sites is 1. The van der Waals surface area contributed by atoms with E-state index in [4.69, 9.17) is 4.74 Å². The Labute approximate surface area is 114 Å². The SMILES string of the molecule is C=C=C(OC)C(Nc1ccccc1)c1ccccc1. The fraction of sp³-hybridized carbons (Fsp3) is 0.118. The van der Waals surface area contributed by atoms with Crippen molar-refractivity contribution in [1.29, 1.82) is 0 Å². The molecule has 0 radical (unpaired) electrons. The van der Waals surface area contributed by atoms with Gasteiger partial charge in [0.15, 0.2) is 5.76 Å². The lowest BCUT2D eigenvalue weighted by Crippen LogP contribution is -2.14. The van der Waals surface area contributed by atoms with Crippen molar-refractivity contribution < 1.29 is 4.74 Å². The molecule has 0 saturated carbocycles. The van der Waals surface area contributed by atoms with Crippen LogP contribution in [0.4, 0.5) is 5.69 Å². The van der Waals surface area contributed by atoms with Gasteiger partial charge in [-0.3, -0.25) is 0 Å². The first kappa shape index (κ1) is 13.0. The summed E-state index contributed by atoms with van der Waals surface area (Å²) in [6, 6.07) is 20.0. The van der Waals surface area contributed by atoms with Crippen molar-refractivity contribution in [2.45, 2.75) is 6.04 Å². The number of anilines is 1. The number of nitrogens with one attached hydrogen (secondary N) is 1. The molecule has 2 nitrogen and oxygen atoms in total. The average molecular weight is 251 g/mol. The van der Waals surface area contributed by atoms with E-state index in [1.54, 1.807) is 7.11 Å². The predicted molar refractivity (Wildman–Crippen MR) is 78.9 cm³/mol. The van der Waals surface area contributed by atoms with E-state index < -0.39 is 0 Å². The first-order valence-electron chi connectivity index (χ1n) is 6.15. The lowest BCUT2D eigenvalue weighted by molar-refractivity contribution is 0.271. The van der Waals surface area contributed by atoms with Gasteiger partial charge in [-0.05, 0) is 17.7 Å². The maximum absolute atomic E-state index is 5.37. The molecule has 1 N–H and O–H groups in total. The fourth-order valence-corrected chi connectivity index (χ4v) is 1.94. The zero-order valence-corrected chi connectivity index (χ0v) is 11.0. The Morgan fingerprint density at radius 1 is 1.05 bits per heavy atom. The van der Waals surface area contributed by atoms with Gasteiger partial charge in [-0.15, -0.1) is 0 Å². The van der Waals surface area contributed by atoms with Crippen LogP contribution in [0, 0.1) is 0 Å². The molecule has 0 fully saturated rings. The Hall–Kier alpha value is -2.44. The number of hydrogen-bond acceptors (Lipinski definition) is 2. The molecule has 2 aromatic rings. The molecule has 0 aliphatic heterocycles. The van der Waals surface area contributed by atoms with E-state index in [9.17, 15) is 0 Å². The average Bonchev–Trinajstić information content (AvgIpc) is 2.49. The van der Waals surface area contributed by atoms with Gasteiger partial charge < -0.3 is 10.1 Å². The van der Waals surface area contributed by atoms with Gasteiger partial charge in [-0.1, -0.05) is 60.8 Å². The van der Waals surface area contributed by atoms with Crippen molar-refractivity contribution in [2.24, 2.45) is 0 Å². The van der Waals surface area contributed by atoms with Crippen LogP contribution in [0.15, 0.2) is 78.7 Å². The zero-order valence-electron chi connectivity index (χ0n) is 11.0. The second-order valence-corrected chi connectivity index (χ2v) is 4.10. The summed E-state index contributed by atoms with van der Waals surface area (Å²) in [6.45, 7) is 3.69. The van der Waals surface area contributed by atoms with E-state index in [-0.39, 0.29) is 6.04 Å². The Balaban J connectivity index is 2.33. The summed E-state index contributed by atoms with van der Waals surface area (Å²) in [7, 11) is 1.64. The van der Waals surface area contributed by atoms with Crippen LogP contribution in [0.3, 0.4) is 0 Å². The van der Waals surface area contributed by atoms with Gasteiger partial charge in [0.05, 0.1) is 7.11 Å². The molecule has 96 valence electrons. The Morgan fingerprint density at radius 3 is 2.16 bits per heavy atom. The molecule has 1 unspecified atom stereocenters. The number of benzene rings is 2. The van der Waals surface area contributed by atoms with Crippen LogP contribution in [0.1, 0.15) is 11.6 Å². The Bertz CT molecular complexity index is 556. The normalized spacial score (nSPS) is 11.2. The molecule has 0 saturated heterocycles. The van der Waals surface area contributed by atoms with Crippen molar-refractivity contribution in [1.82, 2.24) is 0 Å². The van der Waals surface area contributed by atoms with Crippen LogP contribution in [0.5, 0.6) is 0 Å². The van der Waals surface area contributed by atoms with E-state index in [0.717, 1.165) is 11.3 Å². The zero-order chi connectivity index (χ0) is 13.5. The van der Waals surface area contributed by atoms with Crippen molar-refractivity contribution in [3.05, 3.63) is 84.3 Å². The third-order valence-corrected chi connectivity index (χ3v) is 2.87. The van der Waals surface area contributed by atoms with E-state index in [2.05, 4.69) is 29.8 Å². The summed E-state index contributed by atoms with van der Waals surface area (Å²) in [4.78, 5) is 0. The third kappa shape index (κ3) is 3.27. The standard InChI is InChI=1S/C17H17NO/c1-3-16(19-2)17(14-10-6-4-7-11-14)18-15-12-8-5-9-13-15/h4-13,17-18H,1H2,2H3. The van der Waals surface area contributed by atoms with Crippen LogP contribution in [0.2, 0.25) is 0 Å². The summed E-state index contributed by atoms with van der Waals surface area (Å²) >= 11 is 0. The number of ether oxygens (including phenoxy) is 1. The van der Waals surface area contributed by atoms with E-state index in [1.807, 2.05) is 48.5 Å². The highest BCUT2D eigenvalue weighted by Crippen LogP contribution is 2.26. The quantitative estimate of drug-likeness (QED) is 0.636. The van der Waals surface area contributed by atoms with Gasteiger partial charge in [-0.25, -0.2) is 0 Å². The van der Waals surface area contributed by atoms with Crippen LogP contribution in [-0.4, -0.2) is 7.11 Å². The third-order valence-electron chi connectivity index (χ3n) is 2.87. The van der Waals surface area contributed by atoms with Gasteiger partial charge in [0.1, 0.15) is 6.04 Å². The maximum atomic E-state index is 5.37. The van der Waals surface area contributed by atoms with Gasteiger partial charge in [0.2, 0.25) is 0 Å². The highest BCUT2D eigenvalue weighted by atomic mass is 16.5. The number of hydrogen-bond donors (Lipinski definition) is 1. The molecule has 0 amide bonds. The molecule has 0 heterocycles. The Kier molecular flexibility index (Phi) is 4.44. The molecule has 2 rings (SSSR count). The van der Waals surface area contributed by atoms with E-state index in [0.29, 0.717) is 5.76 Å². The van der Waals surface area contributed by atoms with Crippen LogP contribution in [-0.2, 0) is 4.74 Å². The molecule has 19 heavy (non-hydrogen) atoms. The number of rotatable bonds is 5. The molecule has 2 aromatic carbocycles. The van der Waals surface area contributed by atoms with Crippen molar-refractivity contribution in [3.8, 4) is 0 Å². The molecular weight excluding hydrogens is 234 g/mol. The molecule has 2 heteroatoms. The second kappa shape index (κ2) is 6.48. The predicted octanol–water partition coefficient (Wildman–Crippen LogP) is 4.16. The van der Waals surface area contributed by atoms with Gasteiger partial charge in [0, 0.05) is 5.69 Å². The smallest absolute Gasteiger partial charge is 0.164 e. The summed E-state index contributed by atoms with van der Waals surface area (Å²) in [5, 5.41) is 3.43. The van der Waals surface area contributed by atoms with Gasteiger partial charge in [0.25, 0.3) is 0 Å². The Morgan fingerprint density at radius 2 is 1.63 bits per heavy atom. The topological polar surface area (TPSA) is 21.3 Å². The minimum Gasteiger partial charge on any atom is -0.490 e. The molecule has 0 aromatic heterocycles. The monoisotopic (exact) mass is 251 g/mol.